The van der Waals surface area contributed by atoms with Crippen LogP contribution in [0.15, 0.2) is 54.6 Å². The van der Waals surface area contributed by atoms with Crippen LogP contribution in [-0.2, 0) is 9.59 Å². The molecule has 6 heteroatoms. The van der Waals surface area contributed by atoms with Gasteiger partial charge in [0.1, 0.15) is 11.8 Å². The highest BCUT2D eigenvalue weighted by Crippen LogP contribution is 2.21. The van der Waals surface area contributed by atoms with Crippen LogP contribution in [0.4, 0.5) is 5.69 Å². The number of ether oxygens (including phenoxy) is 1. The van der Waals surface area contributed by atoms with Gasteiger partial charge < -0.3 is 19.9 Å². The Morgan fingerprint density at radius 1 is 0.967 bits per heavy atom. The van der Waals surface area contributed by atoms with Gasteiger partial charge in [0.2, 0.25) is 5.91 Å². The van der Waals surface area contributed by atoms with Gasteiger partial charge in [0.25, 0.3) is 5.91 Å². The fourth-order valence-corrected chi connectivity index (χ4v) is 3.68. The fraction of sp³-hybridized carbons (Fsp3) is 0.417. The second-order valence-electron chi connectivity index (χ2n) is 7.99. The monoisotopic (exact) mass is 409 g/mol. The van der Waals surface area contributed by atoms with Gasteiger partial charge in [-0.15, -0.1) is 0 Å². The number of amides is 2. The molecule has 0 bridgehead atoms. The molecule has 1 aliphatic heterocycles. The number of rotatable bonds is 7. The first-order valence-corrected chi connectivity index (χ1v) is 10.5. The normalized spacial score (nSPS) is 15.1. The third kappa shape index (κ3) is 5.53. The summed E-state index contributed by atoms with van der Waals surface area (Å²) in [4.78, 5) is 29.7. The summed E-state index contributed by atoms with van der Waals surface area (Å²) < 4.78 is 5.50. The Hall–Kier alpha value is -3.02. The van der Waals surface area contributed by atoms with Gasteiger partial charge in [-0.25, -0.2) is 0 Å². The van der Waals surface area contributed by atoms with Crippen molar-refractivity contribution < 1.29 is 14.3 Å². The molecule has 1 atom stereocenters. The summed E-state index contributed by atoms with van der Waals surface area (Å²) in [6.45, 7) is 8.75. The van der Waals surface area contributed by atoms with E-state index < -0.39 is 6.04 Å². The van der Waals surface area contributed by atoms with E-state index in [4.69, 9.17) is 4.74 Å². The topological polar surface area (TPSA) is 61.9 Å². The summed E-state index contributed by atoms with van der Waals surface area (Å²) in [6, 6.07) is 16.9. The maximum Gasteiger partial charge on any atom is 0.258 e. The molecule has 0 radical (unpaired) electrons. The molecule has 0 aromatic heterocycles. The lowest BCUT2D eigenvalue weighted by molar-refractivity contribution is -0.138. The average Bonchev–Trinajstić information content (AvgIpc) is 2.76. The summed E-state index contributed by atoms with van der Waals surface area (Å²) in [6.07, 6.45) is 0. The lowest BCUT2D eigenvalue weighted by Gasteiger charge is -2.38. The van der Waals surface area contributed by atoms with Crippen LogP contribution in [0.25, 0.3) is 0 Å². The molecule has 30 heavy (non-hydrogen) atoms. The van der Waals surface area contributed by atoms with Crippen molar-refractivity contribution in [3.8, 4) is 5.75 Å². The standard InChI is InChI=1S/C24H31N3O3/c1-18(2)23(25-22(28)17-30-20-10-5-4-6-11-20)24(29)27-15-13-26(14-16-27)21-12-8-7-9-19(21)3/h4-12,18,23H,13-17H2,1-3H3,(H,25,28). The highest BCUT2D eigenvalue weighted by Gasteiger charge is 2.31. The van der Waals surface area contributed by atoms with Crippen LogP contribution in [-0.4, -0.2) is 55.5 Å². The van der Waals surface area contributed by atoms with E-state index in [1.165, 1.54) is 11.3 Å². The Kier molecular flexibility index (Phi) is 7.33. The second-order valence-corrected chi connectivity index (χ2v) is 7.99. The van der Waals surface area contributed by atoms with Crippen LogP contribution >= 0.6 is 0 Å². The molecule has 2 aromatic rings. The minimum atomic E-state index is -0.554. The molecule has 1 N–H and O–H groups in total. The van der Waals surface area contributed by atoms with Gasteiger partial charge in [0.05, 0.1) is 0 Å². The highest BCUT2D eigenvalue weighted by atomic mass is 16.5. The smallest absolute Gasteiger partial charge is 0.258 e. The molecule has 2 amide bonds. The predicted molar refractivity (Wildman–Crippen MR) is 119 cm³/mol. The lowest BCUT2D eigenvalue weighted by atomic mass is 10.0. The van der Waals surface area contributed by atoms with Gasteiger partial charge in [-0.1, -0.05) is 50.2 Å². The zero-order chi connectivity index (χ0) is 21.5. The number of nitrogens with one attached hydrogen (secondary N) is 1. The van der Waals surface area contributed by atoms with Crippen molar-refractivity contribution >= 4 is 17.5 Å². The van der Waals surface area contributed by atoms with Crippen molar-refractivity contribution in [3.05, 3.63) is 60.2 Å². The van der Waals surface area contributed by atoms with E-state index in [1.807, 2.05) is 49.1 Å². The molecule has 0 saturated carbocycles. The number of aryl methyl sites for hydroxylation is 1. The van der Waals surface area contributed by atoms with Gasteiger partial charge in [0, 0.05) is 31.9 Å². The SMILES string of the molecule is Cc1ccccc1N1CCN(C(=O)C(NC(=O)COc2ccccc2)C(C)C)CC1. The number of carbonyl (C=O) groups is 2. The van der Waals surface area contributed by atoms with E-state index in [0.29, 0.717) is 18.8 Å². The number of para-hydroxylation sites is 2. The van der Waals surface area contributed by atoms with Crippen LogP contribution < -0.4 is 15.0 Å². The molecule has 1 unspecified atom stereocenters. The average molecular weight is 410 g/mol. The fourth-order valence-electron chi connectivity index (χ4n) is 3.68. The van der Waals surface area contributed by atoms with E-state index in [9.17, 15) is 9.59 Å². The van der Waals surface area contributed by atoms with Crippen molar-refractivity contribution in [1.82, 2.24) is 10.2 Å². The quantitative estimate of drug-likeness (QED) is 0.764. The van der Waals surface area contributed by atoms with Crippen LogP contribution in [0, 0.1) is 12.8 Å². The Balaban J connectivity index is 1.54. The molecule has 1 aliphatic rings. The third-order valence-electron chi connectivity index (χ3n) is 5.41. The predicted octanol–water partition coefficient (Wildman–Crippen LogP) is 2.86. The van der Waals surface area contributed by atoms with Gasteiger partial charge >= 0.3 is 0 Å². The maximum atomic E-state index is 13.1. The number of carbonyl (C=O) groups excluding carboxylic acids is 2. The van der Waals surface area contributed by atoms with E-state index in [-0.39, 0.29) is 24.3 Å². The van der Waals surface area contributed by atoms with Crippen molar-refractivity contribution in [1.29, 1.82) is 0 Å². The van der Waals surface area contributed by atoms with Crippen molar-refractivity contribution in [2.45, 2.75) is 26.8 Å². The zero-order valence-corrected chi connectivity index (χ0v) is 18.0. The summed E-state index contributed by atoms with van der Waals surface area (Å²) >= 11 is 0. The summed E-state index contributed by atoms with van der Waals surface area (Å²) in [5, 5.41) is 2.87. The van der Waals surface area contributed by atoms with Crippen LogP contribution in [0.3, 0.4) is 0 Å². The molecular weight excluding hydrogens is 378 g/mol. The minimum Gasteiger partial charge on any atom is -0.484 e. The molecule has 6 nitrogen and oxygen atoms in total. The van der Waals surface area contributed by atoms with Crippen molar-refractivity contribution in [2.24, 2.45) is 5.92 Å². The Morgan fingerprint density at radius 3 is 2.23 bits per heavy atom. The number of piperazine rings is 1. The molecule has 1 saturated heterocycles. The van der Waals surface area contributed by atoms with Crippen LogP contribution in [0.2, 0.25) is 0 Å². The van der Waals surface area contributed by atoms with Crippen molar-refractivity contribution in [2.75, 3.05) is 37.7 Å². The van der Waals surface area contributed by atoms with E-state index in [2.05, 4.69) is 29.3 Å². The molecule has 0 spiro atoms. The number of hydrogen-bond acceptors (Lipinski definition) is 4. The first-order valence-electron chi connectivity index (χ1n) is 10.5. The van der Waals surface area contributed by atoms with Gasteiger partial charge in [-0.05, 0) is 36.6 Å². The Bertz CT molecular complexity index is 846. The first-order chi connectivity index (χ1) is 14.5. The van der Waals surface area contributed by atoms with Crippen molar-refractivity contribution in [3.63, 3.8) is 0 Å². The largest absolute Gasteiger partial charge is 0.484 e. The number of nitrogens with zero attached hydrogens (tertiary/aromatic N) is 2. The lowest BCUT2D eigenvalue weighted by Crippen LogP contribution is -2.57. The molecule has 1 heterocycles. The summed E-state index contributed by atoms with van der Waals surface area (Å²) in [7, 11) is 0. The zero-order valence-electron chi connectivity index (χ0n) is 18.0. The van der Waals surface area contributed by atoms with E-state index in [1.54, 1.807) is 12.1 Å². The van der Waals surface area contributed by atoms with Gasteiger partial charge in [-0.3, -0.25) is 9.59 Å². The molecule has 2 aromatic carbocycles. The Morgan fingerprint density at radius 2 is 1.60 bits per heavy atom. The summed E-state index contributed by atoms with van der Waals surface area (Å²) in [5.41, 5.74) is 2.46. The molecule has 160 valence electrons. The molecule has 0 aliphatic carbocycles. The van der Waals surface area contributed by atoms with Gasteiger partial charge in [-0.2, -0.15) is 0 Å². The number of benzene rings is 2. The highest BCUT2D eigenvalue weighted by molar-refractivity contribution is 5.88. The maximum absolute atomic E-state index is 13.1. The van der Waals surface area contributed by atoms with E-state index in [0.717, 1.165) is 13.1 Å². The Labute approximate surface area is 178 Å². The minimum absolute atomic E-state index is 0.00688. The molecular formula is C24H31N3O3. The second kappa shape index (κ2) is 10.1. The van der Waals surface area contributed by atoms with Crippen LogP contribution in [0.1, 0.15) is 19.4 Å². The number of anilines is 1. The van der Waals surface area contributed by atoms with E-state index >= 15 is 0 Å². The first kappa shape index (κ1) is 21.7. The summed E-state index contributed by atoms with van der Waals surface area (Å²) in [5.74, 6) is 0.312. The number of hydrogen-bond donors (Lipinski definition) is 1. The third-order valence-corrected chi connectivity index (χ3v) is 5.41. The molecule has 1 fully saturated rings. The van der Waals surface area contributed by atoms with Crippen LogP contribution in [0.5, 0.6) is 5.75 Å². The molecule has 3 rings (SSSR count). The van der Waals surface area contributed by atoms with Gasteiger partial charge in [0.15, 0.2) is 6.61 Å².